The number of methoxy groups -OCH3 is 1. The van der Waals surface area contributed by atoms with Crippen LogP contribution in [0, 0.1) is 0 Å². The van der Waals surface area contributed by atoms with Crippen molar-refractivity contribution < 1.29 is 9.53 Å². The summed E-state index contributed by atoms with van der Waals surface area (Å²) in [6.45, 7) is 7.66. The fourth-order valence-corrected chi connectivity index (χ4v) is 2.84. The highest BCUT2D eigenvalue weighted by atomic mass is 79.9. The normalized spacial score (nSPS) is 22.4. The first-order valence-electron chi connectivity index (χ1n) is 6.04. The molecule has 1 fully saturated rings. The molecule has 1 aliphatic heterocycles. The molecule has 1 aliphatic rings. The van der Waals surface area contributed by atoms with Crippen molar-refractivity contribution in [2.24, 2.45) is 0 Å². The minimum atomic E-state index is -1.24. The fourth-order valence-electron chi connectivity index (χ4n) is 1.86. The van der Waals surface area contributed by atoms with Crippen molar-refractivity contribution in [2.75, 3.05) is 13.7 Å². The van der Waals surface area contributed by atoms with Gasteiger partial charge in [-0.1, -0.05) is 41.6 Å². The molecule has 0 aromatic heterocycles. The Bertz CT molecular complexity index is 312. The lowest BCUT2D eigenvalue weighted by Crippen LogP contribution is -2.34. The molecule has 3 nitrogen and oxygen atoms in total. The van der Waals surface area contributed by atoms with Crippen molar-refractivity contribution in [3.05, 3.63) is 10.2 Å². The van der Waals surface area contributed by atoms with Gasteiger partial charge in [0.15, 0.2) is 0 Å². The molecule has 0 aliphatic carbocycles. The largest absolute Gasteiger partial charge is 0.362 e. The van der Waals surface area contributed by atoms with E-state index in [4.69, 9.17) is 4.74 Å². The zero-order valence-electron chi connectivity index (χ0n) is 11.1. The quantitative estimate of drug-likeness (QED) is 0.729. The smallest absolute Gasteiger partial charge is 0.224 e. The highest BCUT2D eigenvalue weighted by Gasteiger charge is 2.30. The number of amides is 1. The van der Waals surface area contributed by atoms with Gasteiger partial charge in [-0.05, 0) is 10.5 Å². The van der Waals surface area contributed by atoms with Crippen LogP contribution in [0.2, 0.25) is 19.6 Å². The van der Waals surface area contributed by atoms with Crippen LogP contribution < -0.4 is 0 Å². The summed E-state index contributed by atoms with van der Waals surface area (Å²) in [7, 11) is 0.434. The lowest BCUT2D eigenvalue weighted by atomic mass is 10.3. The highest BCUT2D eigenvalue weighted by molar-refractivity contribution is 9.12. The minimum Gasteiger partial charge on any atom is -0.362 e. The number of nitrogens with zero attached hydrogens (tertiary/aromatic N) is 1. The standard InChI is InChI=1S/C12H22BrNO2Si/c1-16-12-8-7-11(15)14(12)9-5-6-10(13)17(2,3)4/h6,12H,5,7-9H2,1-4H3/b10-6-. The van der Waals surface area contributed by atoms with Crippen LogP contribution in [0.1, 0.15) is 19.3 Å². The number of hydrogen-bond donors (Lipinski definition) is 0. The van der Waals surface area contributed by atoms with E-state index in [1.54, 1.807) is 7.11 Å². The average molecular weight is 320 g/mol. The van der Waals surface area contributed by atoms with Crippen LogP contribution in [0.4, 0.5) is 0 Å². The Morgan fingerprint density at radius 3 is 2.76 bits per heavy atom. The van der Waals surface area contributed by atoms with E-state index in [1.807, 2.05) is 4.90 Å². The number of rotatable bonds is 5. The molecule has 1 saturated heterocycles. The van der Waals surface area contributed by atoms with Gasteiger partial charge in [-0.15, -0.1) is 0 Å². The Morgan fingerprint density at radius 1 is 1.59 bits per heavy atom. The molecule has 98 valence electrons. The topological polar surface area (TPSA) is 29.5 Å². The summed E-state index contributed by atoms with van der Waals surface area (Å²) >= 11 is 3.64. The Labute approximate surface area is 113 Å². The summed E-state index contributed by atoms with van der Waals surface area (Å²) in [6, 6.07) is 0. The summed E-state index contributed by atoms with van der Waals surface area (Å²) in [6.07, 6.45) is 4.55. The molecule has 0 N–H and O–H groups in total. The number of likely N-dealkylation sites (tertiary alicyclic amines) is 1. The van der Waals surface area contributed by atoms with E-state index in [0.717, 1.165) is 19.4 Å². The second kappa shape index (κ2) is 6.16. The highest BCUT2D eigenvalue weighted by Crippen LogP contribution is 2.23. The summed E-state index contributed by atoms with van der Waals surface area (Å²) in [5, 5.41) is 0. The minimum absolute atomic E-state index is 0.0124. The number of carbonyl (C=O) groups is 1. The maximum absolute atomic E-state index is 11.6. The molecule has 1 rings (SSSR count). The van der Waals surface area contributed by atoms with Crippen LogP contribution in [0.3, 0.4) is 0 Å². The first-order chi connectivity index (χ1) is 7.86. The predicted octanol–water partition coefficient (Wildman–Crippen LogP) is 3.13. The number of hydrogen-bond acceptors (Lipinski definition) is 2. The van der Waals surface area contributed by atoms with Gasteiger partial charge in [0.2, 0.25) is 5.91 Å². The summed E-state index contributed by atoms with van der Waals surface area (Å²) in [5.74, 6) is 0.217. The monoisotopic (exact) mass is 319 g/mol. The van der Waals surface area contributed by atoms with Crippen LogP contribution in [0.5, 0.6) is 0 Å². The first-order valence-corrected chi connectivity index (χ1v) is 10.3. The van der Waals surface area contributed by atoms with Crippen molar-refractivity contribution >= 4 is 29.9 Å². The molecule has 0 radical (unpaired) electrons. The van der Waals surface area contributed by atoms with Crippen molar-refractivity contribution in [2.45, 2.75) is 45.1 Å². The van der Waals surface area contributed by atoms with Gasteiger partial charge in [-0.25, -0.2) is 0 Å². The molecule has 1 unspecified atom stereocenters. The van der Waals surface area contributed by atoms with E-state index in [0.29, 0.717) is 6.42 Å². The van der Waals surface area contributed by atoms with E-state index < -0.39 is 8.07 Å². The van der Waals surface area contributed by atoms with E-state index in [1.165, 1.54) is 4.11 Å². The lowest BCUT2D eigenvalue weighted by molar-refractivity contribution is -0.134. The Hall–Kier alpha value is -0.133. The average Bonchev–Trinajstić information content (AvgIpc) is 2.58. The fraction of sp³-hybridized carbons (Fsp3) is 0.750. The molecule has 0 aromatic rings. The molecule has 0 aromatic carbocycles. The molecular formula is C12H22BrNO2Si. The van der Waals surface area contributed by atoms with Gasteiger partial charge in [-0.2, -0.15) is 0 Å². The van der Waals surface area contributed by atoms with Crippen molar-refractivity contribution in [1.29, 1.82) is 0 Å². The number of carbonyl (C=O) groups excluding carboxylic acids is 1. The Morgan fingerprint density at radius 2 is 2.24 bits per heavy atom. The third kappa shape index (κ3) is 4.23. The summed E-state index contributed by atoms with van der Waals surface area (Å²) in [5.41, 5.74) is 0. The third-order valence-electron chi connectivity index (χ3n) is 2.96. The van der Waals surface area contributed by atoms with Gasteiger partial charge >= 0.3 is 0 Å². The summed E-state index contributed by atoms with van der Waals surface area (Å²) in [4.78, 5) is 13.5. The molecule has 1 atom stereocenters. The second-order valence-electron chi connectivity index (χ2n) is 5.41. The van der Waals surface area contributed by atoms with E-state index in [9.17, 15) is 4.79 Å². The third-order valence-corrected chi connectivity index (χ3v) is 8.48. The van der Waals surface area contributed by atoms with E-state index >= 15 is 0 Å². The molecule has 5 heteroatoms. The zero-order chi connectivity index (χ0) is 13.1. The number of halogens is 1. The first kappa shape index (κ1) is 14.9. The van der Waals surface area contributed by atoms with E-state index in [2.05, 4.69) is 41.6 Å². The van der Waals surface area contributed by atoms with Gasteiger partial charge in [0, 0.05) is 26.5 Å². The van der Waals surface area contributed by atoms with Gasteiger partial charge < -0.3 is 9.64 Å². The van der Waals surface area contributed by atoms with E-state index in [-0.39, 0.29) is 12.1 Å². The summed E-state index contributed by atoms with van der Waals surface area (Å²) < 4.78 is 6.62. The van der Waals surface area contributed by atoms with Gasteiger partial charge in [0.1, 0.15) is 6.23 Å². The SMILES string of the molecule is COC1CCC(=O)N1CC/C=C(/Br)[Si](C)(C)C. The molecular weight excluding hydrogens is 298 g/mol. The van der Waals surface area contributed by atoms with Gasteiger partial charge in [-0.3, -0.25) is 4.79 Å². The predicted molar refractivity (Wildman–Crippen MR) is 76.7 cm³/mol. The van der Waals surface area contributed by atoms with Gasteiger partial charge in [0.25, 0.3) is 0 Å². The zero-order valence-corrected chi connectivity index (χ0v) is 13.7. The van der Waals surface area contributed by atoms with Crippen molar-refractivity contribution in [3.63, 3.8) is 0 Å². The maximum Gasteiger partial charge on any atom is 0.224 e. The molecule has 0 spiro atoms. The molecule has 0 bridgehead atoms. The molecule has 1 amide bonds. The van der Waals surface area contributed by atoms with Crippen molar-refractivity contribution in [3.8, 4) is 0 Å². The van der Waals surface area contributed by atoms with Gasteiger partial charge in [0.05, 0.1) is 8.07 Å². The Balaban J connectivity index is 2.48. The maximum atomic E-state index is 11.6. The van der Waals surface area contributed by atoms with Crippen LogP contribution in [-0.4, -0.2) is 38.8 Å². The Kier molecular flexibility index (Phi) is 5.41. The molecule has 17 heavy (non-hydrogen) atoms. The van der Waals surface area contributed by atoms with Crippen LogP contribution in [-0.2, 0) is 9.53 Å². The van der Waals surface area contributed by atoms with Crippen LogP contribution >= 0.6 is 15.9 Å². The van der Waals surface area contributed by atoms with Crippen molar-refractivity contribution in [1.82, 2.24) is 4.90 Å². The van der Waals surface area contributed by atoms with Crippen LogP contribution in [0.25, 0.3) is 0 Å². The second-order valence-corrected chi connectivity index (χ2v) is 12.0. The van der Waals surface area contributed by atoms with Crippen LogP contribution in [0.15, 0.2) is 10.2 Å². The lowest BCUT2D eigenvalue weighted by Gasteiger charge is -2.23. The number of ether oxygens (including phenoxy) is 1. The molecule has 1 heterocycles. The molecule has 0 saturated carbocycles.